The minimum Gasteiger partial charge on any atom is -0.497 e. The molecule has 1 amide bonds. The van der Waals surface area contributed by atoms with Gasteiger partial charge in [-0.2, -0.15) is 0 Å². The molecule has 1 aromatic carbocycles. The van der Waals surface area contributed by atoms with Gasteiger partial charge in [0.1, 0.15) is 5.75 Å². The summed E-state index contributed by atoms with van der Waals surface area (Å²) in [4.78, 5) is 16.6. The van der Waals surface area contributed by atoms with Crippen molar-refractivity contribution in [2.75, 3.05) is 31.6 Å². The van der Waals surface area contributed by atoms with Crippen molar-refractivity contribution >= 4 is 11.6 Å². The highest BCUT2D eigenvalue weighted by Crippen LogP contribution is 2.30. The van der Waals surface area contributed by atoms with Crippen LogP contribution < -0.4 is 9.64 Å². The number of carbonyl (C=O) groups is 1. The van der Waals surface area contributed by atoms with Gasteiger partial charge < -0.3 is 19.1 Å². The van der Waals surface area contributed by atoms with Crippen molar-refractivity contribution in [1.29, 1.82) is 0 Å². The van der Waals surface area contributed by atoms with Gasteiger partial charge in [0.2, 0.25) is 5.76 Å². The monoisotopic (exact) mass is 315 g/mol. The fraction of sp³-hybridized carbons (Fsp3) is 0.412. The topological polar surface area (TPSA) is 58.8 Å². The Hall–Kier alpha value is -2.50. The molecule has 23 heavy (non-hydrogen) atoms. The van der Waals surface area contributed by atoms with Gasteiger partial charge in [-0.15, -0.1) is 0 Å². The Kier molecular flexibility index (Phi) is 3.98. The van der Waals surface area contributed by atoms with Gasteiger partial charge in [-0.05, 0) is 26.0 Å². The highest BCUT2D eigenvalue weighted by atomic mass is 16.5. The lowest BCUT2D eigenvalue weighted by Gasteiger charge is -2.48. The van der Waals surface area contributed by atoms with Crippen LogP contribution in [0.4, 0.5) is 5.69 Å². The summed E-state index contributed by atoms with van der Waals surface area (Å²) < 4.78 is 10.3. The van der Waals surface area contributed by atoms with Crippen molar-refractivity contribution in [3.63, 3.8) is 0 Å². The van der Waals surface area contributed by atoms with Crippen LogP contribution in [0.25, 0.3) is 0 Å². The van der Waals surface area contributed by atoms with E-state index in [0.717, 1.165) is 18.0 Å². The Morgan fingerprint density at radius 3 is 2.78 bits per heavy atom. The van der Waals surface area contributed by atoms with E-state index in [1.807, 2.05) is 23.1 Å². The molecule has 1 fully saturated rings. The van der Waals surface area contributed by atoms with Gasteiger partial charge in [0.05, 0.1) is 18.8 Å². The summed E-state index contributed by atoms with van der Waals surface area (Å²) in [6.45, 7) is 6.27. The molecule has 2 heterocycles. The first-order valence-corrected chi connectivity index (χ1v) is 7.63. The van der Waals surface area contributed by atoms with E-state index in [2.05, 4.69) is 30.0 Å². The highest BCUT2D eigenvalue weighted by molar-refractivity contribution is 5.91. The second-order valence-corrected chi connectivity index (χ2v) is 6.27. The van der Waals surface area contributed by atoms with Gasteiger partial charge in [-0.25, -0.2) is 0 Å². The van der Waals surface area contributed by atoms with E-state index < -0.39 is 0 Å². The van der Waals surface area contributed by atoms with Gasteiger partial charge in [0.25, 0.3) is 5.91 Å². The number of carbonyl (C=O) groups excluding carboxylic acids is 1. The van der Waals surface area contributed by atoms with Gasteiger partial charge in [0, 0.05) is 37.5 Å². The molecule has 2 aromatic rings. The molecule has 1 saturated heterocycles. The minimum absolute atomic E-state index is 0.110. The van der Waals surface area contributed by atoms with Gasteiger partial charge >= 0.3 is 0 Å². The van der Waals surface area contributed by atoms with Crippen LogP contribution in [-0.4, -0.2) is 48.2 Å². The predicted octanol–water partition coefficient (Wildman–Crippen LogP) is 2.42. The van der Waals surface area contributed by atoms with Crippen molar-refractivity contribution in [3.8, 4) is 5.75 Å². The third kappa shape index (κ3) is 3.02. The zero-order chi connectivity index (χ0) is 16.4. The summed E-state index contributed by atoms with van der Waals surface area (Å²) >= 11 is 0. The van der Waals surface area contributed by atoms with E-state index in [-0.39, 0.29) is 17.2 Å². The number of benzene rings is 1. The Morgan fingerprint density at radius 1 is 1.30 bits per heavy atom. The number of ether oxygens (including phenoxy) is 1. The molecule has 0 unspecified atom stereocenters. The van der Waals surface area contributed by atoms with Crippen molar-refractivity contribution < 1.29 is 14.1 Å². The average molecular weight is 315 g/mol. The maximum absolute atomic E-state index is 12.4. The lowest BCUT2D eigenvalue weighted by molar-refractivity contribution is 0.0644. The van der Waals surface area contributed by atoms with Crippen molar-refractivity contribution in [2.24, 2.45) is 0 Å². The van der Waals surface area contributed by atoms with Crippen LogP contribution in [0.5, 0.6) is 5.75 Å². The fourth-order valence-corrected chi connectivity index (χ4v) is 3.07. The number of nitrogens with zero attached hydrogens (tertiary/aromatic N) is 3. The summed E-state index contributed by atoms with van der Waals surface area (Å²) in [6.07, 6.45) is 1.49. The van der Waals surface area contributed by atoms with E-state index in [1.54, 1.807) is 13.2 Å². The largest absolute Gasteiger partial charge is 0.497 e. The molecule has 122 valence electrons. The summed E-state index contributed by atoms with van der Waals surface area (Å²) in [5, 5.41) is 3.61. The Bertz CT molecular complexity index is 682. The molecule has 0 saturated carbocycles. The number of hydrogen-bond acceptors (Lipinski definition) is 5. The summed E-state index contributed by atoms with van der Waals surface area (Å²) in [5.41, 5.74) is 0.904. The second kappa shape index (κ2) is 5.95. The molecule has 1 aromatic heterocycles. The SMILES string of the molecule is COc1cccc(N2CCN(C(=O)c3ccno3)CC2(C)C)c1. The van der Waals surface area contributed by atoms with Crippen LogP contribution in [0.15, 0.2) is 41.1 Å². The number of methoxy groups -OCH3 is 1. The zero-order valence-corrected chi connectivity index (χ0v) is 13.7. The minimum atomic E-state index is -0.194. The molecule has 6 nitrogen and oxygen atoms in total. The number of aromatic nitrogens is 1. The van der Waals surface area contributed by atoms with E-state index >= 15 is 0 Å². The van der Waals surface area contributed by atoms with Crippen LogP contribution in [0.1, 0.15) is 24.4 Å². The molecule has 0 radical (unpaired) electrons. The van der Waals surface area contributed by atoms with Gasteiger partial charge in [0.15, 0.2) is 0 Å². The standard InChI is InChI=1S/C17H21N3O3/c1-17(2)12-19(16(21)15-7-8-18-23-15)9-10-20(17)13-5-4-6-14(11-13)22-3/h4-8,11H,9-10,12H2,1-3H3. The fourth-order valence-electron chi connectivity index (χ4n) is 3.07. The quantitative estimate of drug-likeness (QED) is 0.870. The van der Waals surface area contributed by atoms with Crippen LogP contribution in [0.3, 0.4) is 0 Å². The lowest BCUT2D eigenvalue weighted by atomic mass is 9.97. The summed E-state index contributed by atoms with van der Waals surface area (Å²) in [6, 6.07) is 9.61. The number of anilines is 1. The van der Waals surface area contributed by atoms with Crippen molar-refractivity contribution in [3.05, 3.63) is 42.3 Å². The number of amides is 1. The molecular formula is C17H21N3O3. The first-order chi connectivity index (χ1) is 11.0. The van der Waals surface area contributed by atoms with Crippen molar-refractivity contribution in [2.45, 2.75) is 19.4 Å². The number of hydrogen-bond donors (Lipinski definition) is 0. The molecule has 0 atom stereocenters. The van der Waals surface area contributed by atoms with Crippen LogP contribution in [-0.2, 0) is 0 Å². The van der Waals surface area contributed by atoms with Crippen LogP contribution >= 0.6 is 0 Å². The van der Waals surface area contributed by atoms with Crippen LogP contribution in [0, 0.1) is 0 Å². The van der Waals surface area contributed by atoms with E-state index in [4.69, 9.17) is 9.26 Å². The molecule has 6 heteroatoms. The summed E-state index contributed by atoms with van der Waals surface area (Å²) in [5.74, 6) is 1.01. The molecular weight excluding hydrogens is 294 g/mol. The predicted molar refractivity (Wildman–Crippen MR) is 86.8 cm³/mol. The Balaban J connectivity index is 1.78. The molecule has 0 bridgehead atoms. The molecule has 0 aliphatic carbocycles. The van der Waals surface area contributed by atoms with Crippen LogP contribution in [0.2, 0.25) is 0 Å². The second-order valence-electron chi connectivity index (χ2n) is 6.27. The average Bonchev–Trinajstić information content (AvgIpc) is 3.07. The number of piperazine rings is 1. The lowest BCUT2D eigenvalue weighted by Crippen LogP contribution is -2.60. The first-order valence-electron chi connectivity index (χ1n) is 7.63. The number of rotatable bonds is 3. The molecule has 0 spiro atoms. The molecule has 0 N–H and O–H groups in total. The van der Waals surface area contributed by atoms with Crippen molar-refractivity contribution in [1.82, 2.24) is 10.1 Å². The normalized spacial score (nSPS) is 17.2. The molecule has 1 aliphatic heterocycles. The molecule has 1 aliphatic rings. The van der Waals surface area contributed by atoms with Gasteiger partial charge in [-0.3, -0.25) is 4.79 Å². The molecule has 3 rings (SSSR count). The third-order valence-corrected chi connectivity index (χ3v) is 4.20. The summed E-state index contributed by atoms with van der Waals surface area (Å²) in [7, 11) is 1.66. The maximum atomic E-state index is 12.4. The third-order valence-electron chi connectivity index (χ3n) is 4.20. The smallest absolute Gasteiger partial charge is 0.292 e. The zero-order valence-electron chi connectivity index (χ0n) is 13.7. The van der Waals surface area contributed by atoms with E-state index in [1.165, 1.54) is 6.20 Å². The maximum Gasteiger partial charge on any atom is 0.292 e. The first kappa shape index (κ1) is 15.4. The Labute approximate surface area is 135 Å². The van der Waals surface area contributed by atoms with E-state index in [0.29, 0.717) is 13.1 Å². The Morgan fingerprint density at radius 2 is 2.13 bits per heavy atom. The van der Waals surface area contributed by atoms with E-state index in [9.17, 15) is 4.79 Å². The highest BCUT2D eigenvalue weighted by Gasteiger charge is 2.36. The van der Waals surface area contributed by atoms with Gasteiger partial charge in [-0.1, -0.05) is 11.2 Å².